The number of alkyl halides is 2. The normalized spacial score (nSPS) is 11.7. The molecule has 1 atom stereocenters. The van der Waals surface area contributed by atoms with Crippen molar-refractivity contribution in [1.29, 1.82) is 0 Å². The third-order valence-electron chi connectivity index (χ3n) is 4.81. The first-order valence-electron chi connectivity index (χ1n) is 10.4. The van der Waals surface area contributed by atoms with Crippen molar-refractivity contribution in [3.05, 3.63) is 59.5 Å². The number of aromatic nitrogens is 5. The molecule has 0 saturated carbocycles. The fourth-order valence-electron chi connectivity index (χ4n) is 2.95. The molecule has 3 aromatic rings. The average Bonchev–Trinajstić information content (AvgIpc) is 3.17. The minimum absolute atomic E-state index is 0.0371. The molecule has 0 fully saturated rings. The molecule has 35 heavy (non-hydrogen) atoms. The van der Waals surface area contributed by atoms with Gasteiger partial charge in [-0.2, -0.15) is 0 Å². The maximum absolute atomic E-state index is 12.5. The van der Waals surface area contributed by atoms with E-state index in [2.05, 4.69) is 37.5 Å². The van der Waals surface area contributed by atoms with Gasteiger partial charge in [-0.3, -0.25) is 15.1 Å². The number of nitrogens with zero attached hydrogens (tertiary/aromatic N) is 5. The molecule has 3 rings (SSSR count). The number of hydrogen-bond donors (Lipinski definition) is 2. The molecule has 13 heteroatoms. The zero-order chi connectivity index (χ0) is 25.5. The minimum atomic E-state index is -2.51. The second kappa shape index (κ2) is 11.5. The van der Waals surface area contributed by atoms with Gasteiger partial charge in [0.05, 0.1) is 17.6 Å². The molecule has 3 heterocycles. The Kier molecular flexibility index (Phi) is 8.42. The van der Waals surface area contributed by atoms with Crippen molar-refractivity contribution < 1.29 is 23.1 Å². The van der Waals surface area contributed by atoms with Crippen molar-refractivity contribution in [2.45, 2.75) is 32.3 Å². The van der Waals surface area contributed by atoms with Crippen LogP contribution in [0.15, 0.2) is 48.8 Å². The standard InChI is InChI=1S/C22H22ClF2N7O3/c1-12(6-9-17(24)25)21(33)28-14-7-8-16(27-11-14)18-20(32(3)31-30-18)29-22(34)35-13(2)15-5-4-10-26-19(15)23/h4-5,7-8,10-11,13,17H,1,6,9H2,2-3H3,(H,28,33)(H,29,34)/t13-/m1/s1. The fraction of sp³-hybridized carbons (Fsp3) is 0.273. The Hall–Kier alpha value is -3.93. The van der Waals surface area contributed by atoms with Crippen molar-refractivity contribution in [3.8, 4) is 11.4 Å². The van der Waals surface area contributed by atoms with E-state index in [1.165, 1.54) is 17.1 Å². The van der Waals surface area contributed by atoms with Gasteiger partial charge in [0, 0.05) is 30.8 Å². The Morgan fingerprint density at radius 1 is 1.23 bits per heavy atom. The van der Waals surface area contributed by atoms with Gasteiger partial charge < -0.3 is 10.1 Å². The number of hydrogen-bond acceptors (Lipinski definition) is 7. The van der Waals surface area contributed by atoms with Crippen LogP contribution >= 0.6 is 11.6 Å². The number of aryl methyl sites for hydroxylation is 1. The molecule has 0 aliphatic rings. The van der Waals surface area contributed by atoms with E-state index < -0.39 is 31.0 Å². The third kappa shape index (κ3) is 6.79. The van der Waals surface area contributed by atoms with Crippen LogP contribution in [0.1, 0.15) is 31.4 Å². The minimum Gasteiger partial charge on any atom is -0.441 e. The molecule has 3 aromatic heterocycles. The molecule has 0 spiro atoms. The van der Waals surface area contributed by atoms with Crippen LogP contribution in [0.2, 0.25) is 5.15 Å². The number of anilines is 2. The summed E-state index contributed by atoms with van der Waals surface area (Å²) >= 11 is 6.05. The lowest BCUT2D eigenvalue weighted by atomic mass is 10.1. The van der Waals surface area contributed by atoms with Gasteiger partial charge in [-0.05, 0) is 31.5 Å². The zero-order valence-electron chi connectivity index (χ0n) is 18.8. The summed E-state index contributed by atoms with van der Waals surface area (Å²) in [7, 11) is 1.58. The van der Waals surface area contributed by atoms with Gasteiger partial charge in [-0.15, -0.1) is 5.10 Å². The van der Waals surface area contributed by atoms with E-state index in [0.717, 1.165) is 0 Å². The van der Waals surface area contributed by atoms with Crippen molar-refractivity contribution in [3.63, 3.8) is 0 Å². The predicted molar refractivity (Wildman–Crippen MR) is 125 cm³/mol. The summed E-state index contributed by atoms with van der Waals surface area (Å²) in [6, 6.07) is 6.47. The molecule has 0 aliphatic carbocycles. The lowest BCUT2D eigenvalue weighted by molar-refractivity contribution is -0.113. The van der Waals surface area contributed by atoms with Crippen molar-refractivity contribution in [2.75, 3.05) is 10.6 Å². The predicted octanol–water partition coefficient (Wildman–Crippen LogP) is 4.78. The molecule has 0 bridgehead atoms. The molecule has 10 nitrogen and oxygen atoms in total. The number of pyridine rings is 2. The lowest BCUT2D eigenvalue weighted by Gasteiger charge is -2.15. The van der Waals surface area contributed by atoms with Crippen LogP contribution in [0.3, 0.4) is 0 Å². The van der Waals surface area contributed by atoms with Crippen LogP contribution in [0.4, 0.5) is 25.1 Å². The maximum Gasteiger partial charge on any atom is 0.413 e. The van der Waals surface area contributed by atoms with Crippen LogP contribution < -0.4 is 10.6 Å². The van der Waals surface area contributed by atoms with E-state index >= 15 is 0 Å². The Bertz CT molecular complexity index is 1220. The Labute approximate surface area is 204 Å². The van der Waals surface area contributed by atoms with Crippen molar-refractivity contribution in [1.82, 2.24) is 25.0 Å². The van der Waals surface area contributed by atoms with E-state index in [9.17, 15) is 18.4 Å². The first-order chi connectivity index (χ1) is 16.7. The lowest BCUT2D eigenvalue weighted by Crippen LogP contribution is -2.18. The van der Waals surface area contributed by atoms with Gasteiger partial charge in [-0.1, -0.05) is 29.5 Å². The Morgan fingerprint density at radius 2 is 2.00 bits per heavy atom. The molecule has 0 saturated heterocycles. The highest BCUT2D eigenvalue weighted by Crippen LogP contribution is 2.27. The molecular weight excluding hydrogens is 484 g/mol. The summed E-state index contributed by atoms with van der Waals surface area (Å²) < 4.78 is 31.4. The van der Waals surface area contributed by atoms with Gasteiger partial charge in [-0.25, -0.2) is 23.2 Å². The van der Waals surface area contributed by atoms with Gasteiger partial charge in [0.2, 0.25) is 6.43 Å². The number of carbonyl (C=O) groups is 2. The van der Waals surface area contributed by atoms with E-state index in [-0.39, 0.29) is 28.7 Å². The Balaban J connectivity index is 1.66. The van der Waals surface area contributed by atoms with Crippen LogP contribution in [-0.2, 0) is 16.6 Å². The molecule has 0 aromatic carbocycles. The number of rotatable bonds is 9. The molecule has 0 unspecified atom stereocenters. The highest BCUT2D eigenvalue weighted by Gasteiger charge is 2.20. The first kappa shape index (κ1) is 25.7. The highest BCUT2D eigenvalue weighted by atomic mass is 35.5. The van der Waals surface area contributed by atoms with Crippen LogP contribution in [0.5, 0.6) is 0 Å². The number of carbonyl (C=O) groups excluding carboxylic acids is 2. The van der Waals surface area contributed by atoms with Crippen molar-refractivity contribution >= 4 is 35.1 Å². The second-order valence-electron chi connectivity index (χ2n) is 7.39. The fourth-order valence-corrected chi connectivity index (χ4v) is 3.22. The molecule has 0 radical (unpaired) electrons. The third-order valence-corrected chi connectivity index (χ3v) is 5.12. The topological polar surface area (TPSA) is 124 Å². The molecule has 0 aliphatic heterocycles. The number of amides is 2. The number of ether oxygens (including phenoxy) is 1. The van der Waals surface area contributed by atoms with Gasteiger partial charge in [0.25, 0.3) is 5.91 Å². The smallest absolute Gasteiger partial charge is 0.413 e. The van der Waals surface area contributed by atoms with Crippen molar-refractivity contribution in [2.24, 2.45) is 7.05 Å². The first-order valence-corrected chi connectivity index (χ1v) is 10.7. The molecule has 2 N–H and O–H groups in total. The molecular formula is C22H22ClF2N7O3. The average molecular weight is 506 g/mol. The van der Waals surface area contributed by atoms with Crippen LogP contribution in [-0.4, -0.2) is 43.4 Å². The van der Waals surface area contributed by atoms with Gasteiger partial charge >= 0.3 is 6.09 Å². The van der Waals surface area contributed by atoms with Gasteiger partial charge in [0.15, 0.2) is 11.5 Å². The Morgan fingerprint density at radius 3 is 2.66 bits per heavy atom. The SMILES string of the molecule is C=C(CCC(F)F)C(=O)Nc1ccc(-c2nnn(C)c2NC(=O)O[C@H](C)c2cccnc2Cl)nc1. The van der Waals surface area contributed by atoms with Gasteiger partial charge in [0.1, 0.15) is 11.3 Å². The maximum atomic E-state index is 12.5. The van der Waals surface area contributed by atoms with Crippen LogP contribution in [0, 0.1) is 0 Å². The number of nitrogens with one attached hydrogen (secondary N) is 2. The summed E-state index contributed by atoms with van der Waals surface area (Å²) in [5.74, 6) is -0.350. The quantitative estimate of drug-likeness (QED) is 0.317. The van der Waals surface area contributed by atoms with Crippen LogP contribution in [0.25, 0.3) is 11.4 Å². The monoisotopic (exact) mass is 505 g/mol. The molecule has 184 valence electrons. The largest absolute Gasteiger partial charge is 0.441 e. The van der Waals surface area contributed by atoms with E-state index in [1.54, 1.807) is 38.2 Å². The summed E-state index contributed by atoms with van der Waals surface area (Å²) in [4.78, 5) is 32.8. The molecule has 2 amide bonds. The summed E-state index contributed by atoms with van der Waals surface area (Å²) in [5.41, 5.74) is 1.53. The zero-order valence-corrected chi connectivity index (χ0v) is 19.6. The van der Waals surface area contributed by atoms with E-state index in [0.29, 0.717) is 16.9 Å². The highest BCUT2D eigenvalue weighted by molar-refractivity contribution is 6.30. The number of halogens is 3. The summed E-state index contributed by atoms with van der Waals surface area (Å²) in [6.45, 7) is 5.18. The van der Waals surface area contributed by atoms with E-state index in [4.69, 9.17) is 16.3 Å². The summed E-state index contributed by atoms with van der Waals surface area (Å²) in [5, 5.41) is 13.3. The summed E-state index contributed by atoms with van der Waals surface area (Å²) in [6.07, 6.45) is -1.62. The second-order valence-corrected chi connectivity index (χ2v) is 7.74. The van der Waals surface area contributed by atoms with E-state index in [1.807, 2.05) is 0 Å².